The predicted molar refractivity (Wildman–Crippen MR) is 123 cm³/mol. The van der Waals surface area contributed by atoms with Crippen molar-refractivity contribution in [3.63, 3.8) is 0 Å². The highest BCUT2D eigenvalue weighted by Gasteiger charge is 2.15. The van der Waals surface area contributed by atoms with Gasteiger partial charge in [-0.15, -0.1) is 0 Å². The van der Waals surface area contributed by atoms with Gasteiger partial charge in [-0.25, -0.2) is 9.97 Å². The predicted octanol–water partition coefficient (Wildman–Crippen LogP) is 3.32. The SMILES string of the molecule is Cc1nn2c(=O)cc(CSc3nc4ccccc4c(=O)n3-c3ccc(C#N)cc3)nc2s1. The molecule has 2 aromatic carbocycles. The van der Waals surface area contributed by atoms with Crippen molar-refractivity contribution in [1.82, 2.24) is 24.1 Å². The molecule has 0 N–H and O–H groups in total. The first kappa shape index (κ1) is 20.1. The van der Waals surface area contributed by atoms with Crippen LogP contribution in [0, 0.1) is 18.3 Å². The summed E-state index contributed by atoms with van der Waals surface area (Å²) in [5.74, 6) is 0.351. The Kier molecular flexibility index (Phi) is 5.05. The molecule has 0 atom stereocenters. The van der Waals surface area contributed by atoms with E-state index >= 15 is 0 Å². The van der Waals surface area contributed by atoms with Crippen LogP contribution in [0.2, 0.25) is 0 Å². The average molecular weight is 459 g/mol. The van der Waals surface area contributed by atoms with Crippen LogP contribution in [0.15, 0.2) is 69.3 Å². The fourth-order valence-electron chi connectivity index (χ4n) is 3.29. The molecule has 0 unspecified atom stereocenters. The number of rotatable bonds is 4. The number of aromatic nitrogens is 5. The molecule has 0 spiro atoms. The molecule has 0 aliphatic rings. The molecule has 5 aromatic rings. The van der Waals surface area contributed by atoms with Crippen molar-refractivity contribution >= 4 is 39.0 Å². The van der Waals surface area contributed by atoms with Crippen molar-refractivity contribution in [3.8, 4) is 11.8 Å². The Morgan fingerprint density at radius 1 is 1.09 bits per heavy atom. The van der Waals surface area contributed by atoms with Gasteiger partial charge in [0.25, 0.3) is 11.1 Å². The summed E-state index contributed by atoms with van der Waals surface area (Å²) in [4.78, 5) is 35.4. The monoisotopic (exact) mass is 458 g/mol. The molecule has 0 fully saturated rings. The van der Waals surface area contributed by atoms with Crippen LogP contribution in [0.25, 0.3) is 21.6 Å². The molecule has 0 aliphatic heterocycles. The van der Waals surface area contributed by atoms with Crippen LogP contribution in [0.4, 0.5) is 0 Å². The van der Waals surface area contributed by atoms with Crippen molar-refractivity contribution in [2.45, 2.75) is 17.8 Å². The van der Waals surface area contributed by atoms with Crippen LogP contribution in [0.1, 0.15) is 16.3 Å². The smallest absolute Gasteiger partial charge is 0.268 e. The van der Waals surface area contributed by atoms with Gasteiger partial charge in [0.15, 0.2) is 5.16 Å². The van der Waals surface area contributed by atoms with Gasteiger partial charge >= 0.3 is 0 Å². The van der Waals surface area contributed by atoms with E-state index < -0.39 is 0 Å². The normalized spacial score (nSPS) is 11.1. The van der Waals surface area contributed by atoms with E-state index in [1.807, 2.05) is 13.0 Å². The van der Waals surface area contributed by atoms with Gasteiger partial charge in [0, 0.05) is 11.8 Å². The second-order valence-electron chi connectivity index (χ2n) is 6.90. The molecule has 5 rings (SSSR count). The maximum absolute atomic E-state index is 13.3. The molecule has 0 amide bonds. The van der Waals surface area contributed by atoms with E-state index in [-0.39, 0.29) is 11.1 Å². The first-order chi connectivity index (χ1) is 15.5. The second-order valence-corrected chi connectivity index (χ2v) is 9.00. The highest BCUT2D eigenvalue weighted by atomic mass is 32.2. The van der Waals surface area contributed by atoms with Crippen LogP contribution in [0.3, 0.4) is 0 Å². The van der Waals surface area contributed by atoms with Crippen molar-refractivity contribution in [1.29, 1.82) is 5.26 Å². The Morgan fingerprint density at radius 3 is 2.66 bits per heavy atom. The van der Waals surface area contributed by atoms with E-state index in [0.717, 1.165) is 5.01 Å². The summed E-state index contributed by atoms with van der Waals surface area (Å²) < 4.78 is 2.81. The molecular weight excluding hydrogens is 444 g/mol. The molecule has 10 heteroatoms. The number of hydrogen-bond acceptors (Lipinski definition) is 8. The molecule has 0 radical (unpaired) electrons. The van der Waals surface area contributed by atoms with Crippen molar-refractivity contribution in [3.05, 3.63) is 91.6 Å². The molecule has 8 nitrogen and oxygen atoms in total. The summed E-state index contributed by atoms with van der Waals surface area (Å²) in [6.07, 6.45) is 0. The van der Waals surface area contributed by atoms with Gasteiger partial charge in [0.1, 0.15) is 5.01 Å². The molecule has 156 valence electrons. The number of para-hydroxylation sites is 1. The Morgan fingerprint density at radius 2 is 1.88 bits per heavy atom. The number of fused-ring (bicyclic) bond motifs is 2. The Labute approximate surface area is 189 Å². The van der Waals surface area contributed by atoms with E-state index in [1.165, 1.54) is 38.2 Å². The summed E-state index contributed by atoms with van der Waals surface area (Å²) in [7, 11) is 0. The fraction of sp³-hybridized carbons (Fsp3) is 0.0909. The molecule has 3 heterocycles. The number of aryl methyl sites for hydroxylation is 1. The summed E-state index contributed by atoms with van der Waals surface area (Å²) in [5.41, 5.74) is 1.83. The third kappa shape index (κ3) is 3.57. The number of benzene rings is 2. The first-order valence-electron chi connectivity index (χ1n) is 9.55. The number of nitriles is 1. The van der Waals surface area contributed by atoms with Crippen LogP contribution in [-0.2, 0) is 5.75 Å². The third-order valence-electron chi connectivity index (χ3n) is 4.75. The molecule has 32 heavy (non-hydrogen) atoms. The average Bonchev–Trinajstić information content (AvgIpc) is 3.19. The standard InChI is InChI=1S/C22H14N6O2S2/c1-13-26-28-19(29)10-15(24-22(28)32-13)12-31-21-25-18-5-3-2-4-17(18)20(30)27(21)16-8-6-14(11-23)7-9-16/h2-10H,12H2,1H3. The maximum Gasteiger partial charge on any atom is 0.275 e. The molecule has 0 bridgehead atoms. The minimum absolute atomic E-state index is 0.204. The van der Waals surface area contributed by atoms with Gasteiger partial charge in [-0.3, -0.25) is 14.2 Å². The second kappa shape index (κ2) is 8.03. The maximum atomic E-state index is 13.3. The lowest BCUT2D eigenvalue weighted by Gasteiger charge is -2.13. The Bertz CT molecular complexity index is 1640. The van der Waals surface area contributed by atoms with E-state index in [0.29, 0.717) is 43.7 Å². The molecule has 0 saturated carbocycles. The number of thioether (sulfide) groups is 1. The van der Waals surface area contributed by atoms with Gasteiger partial charge in [-0.2, -0.15) is 14.9 Å². The molecule has 0 saturated heterocycles. The van der Waals surface area contributed by atoms with Gasteiger partial charge < -0.3 is 0 Å². The van der Waals surface area contributed by atoms with E-state index in [4.69, 9.17) is 10.2 Å². The largest absolute Gasteiger partial charge is 0.275 e. The van der Waals surface area contributed by atoms with E-state index in [1.54, 1.807) is 42.5 Å². The highest BCUT2D eigenvalue weighted by molar-refractivity contribution is 7.98. The van der Waals surface area contributed by atoms with E-state index in [9.17, 15) is 9.59 Å². The zero-order chi connectivity index (χ0) is 22.2. The van der Waals surface area contributed by atoms with Gasteiger partial charge in [-0.1, -0.05) is 35.2 Å². The van der Waals surface area contributed by atoms with Crippen molar-refractivity contribution in [2.24, 2.45) is 0 Å². The zero-order valence-corrected chi connectivity index (χ0v) is 18.4. The molecule has 0 aliphatic carbocycles. The highest BCUT2D eigenvalue weighted by Crippen LogP contribution is 2.24. The summed E-state index contributed by atoms with van der Waals surface area (Å²) in [6.45, 7) is 1.82. The Balaban J connectivity index is 1.60. The lowest BCUT2D eigenvalue weighted by molar-refractivity contribution is 0.818. The number of hydrogen-bond donors (Lipinski definition) is 0. The zero-order valence-electron chi connectivity index (χ0n) is 16.7. The number of nitrogens with zero attached hydrogens (tertiary/aromatic N) is 6. The van der Waals surface area contributed by atoms with Crippen LogP contribution in [-0.4, -0.2) is 24.1 Å². The van der Waals surface area contributed by atoms with Gasteiger partial charge in [-0.05, 0) is 43.3 Å². The van der Waals surface area contributed by atoms with Gasteiger partial charge in [0.2, 0.25) is 4.96 Å². The fourth-order valence-corrected chi connectivity index (χ4v) is 4.96. The quantitative estimate of drug-likeness (QED) is 0.300. The van der Waals surface area contributed by atoms with E-state index in [2.05, 4.69) is 16.2 Å². The topological polar surface area (TPSA) is 106 Å². The van der Waals surface area contributed by atoms with Crippen molar-refractivity contribution < 1.29 is 0 Å². The minimum Gasteiger partial charge on any atom is -0.268 e. The van der Waals surface area contributed by atoms with Crippen LogP contribution < -0.4 is 11.1 Å². The first-order valence-corrected chi connectivity index (χ1v) is 11.4. The van der Waals surface area contributed by atoms with Crippen molar-refractivity contribution in [2.75, 3.05) is 0 Å². The molecular formula is C22H14N6O2S2. The van der Waals surface area contributed by atoms with Crippen LogP contribution >= 0.6 is 23.1 Å². The summed E-state index contributed by atoms with van der Waals surface area (Å²) in [6, 6.07) is 17.4. The lowest BCUT2D eigenvalue weighted by Crippen LogP contribution is -2.22. The van der Waals surface area contributed by atoms with Crippen LogP contribution in [0.5, 0.6) is 0 Å². The molecule has 3 aromatic heterocycles. The minimum atomic E-state index is -0.245. The van der Waals surface area contributed by atoms with Gasteiger partial charge in [0.05, 0.1) is 33.9 Å². The lowest BCUT2D eigenvalue weighted by atomic mass is 10.2. The third-order valence-corrected chi connectivity index (χ3v) is 6.54. The summed E-state index contributed by atoms with van der Waals surface area (Å²) in [5, 5.41) is 15.0. The Hall–Kier alpha value is -3.81. The summed E-state index contributed by atoms with van der Waals surface area (Å²) >= 11 is 2.66.